The van der Waals surface area contributed by atoms with Gasteiger partial charge in [0.05, 0.1) is 11.0 Å². The number of benzene rings is 2. The number of thioether (sulfide) groups is 1. The second kappa shape index (κ2) is 7.23. The van der Waals surface area contributed by atoms with E-state index in [0.29, 0.717) is 28.5 Å². The first-order valence-corrected chi connectivity index (χ1v) is 8.58. The van der Waals surface area contributed by atoms with Crippen molar-refractivity contribution in [3.05, 3.63) is 53.6 Å². The van der Waals surface area contributed by atoms with Crippen molar-refractivity contribution < 1.29 is 13.6 Å². The number of anilines is 1. The Bertz CT molecular complexity index is 904. The third kappa shape index (κ3) is 4.17. The van der Waals surface area contributed by atoms with Crippen LogP contribution in [0.1, 0.15) is 11.1 Å². The van der Waals surface area contributed by atoms with E-state index in [0.717, 1.165) is 11.1 Å². The Kier molecular flexibility index (Phi) is 5.03. The molecule has 0 aliphatic carbocycles. The minimum atomic E-state index is -2.60. The minimum Gasteiger partial charge on any atom is -0.325 e. The van der Waals surface area contributed by atoms with Gasteiger partial charge in [0, 0.05) is 5.69 Å². The number of hydrogen-bond donors (Lipinski definition) is 1. The summed E-state index contributed by atoms with van der Waals surface area (Å²) < 4.78 is 27.1. The van der Waals surface area contributed by atoms with Gasteiger partial charge in [-0.25, -0.2) is 4.98 Å². The number of hydrogen-bond acceptors (Lipinski definition) is 3. The first kappa shape index (κ1) is 17.4. The number of aryl methyl sites for hydroxylation is 2. The molecule has 3 aromatic rings. The zero-order valence-corrected chi connectivity index (χ0v) is 14.6. The molecule has 0 fully saturated rings. The number of halogens is 2. The number of nitrogens with one attached hydrogen (secondary N) is 1. The van der Waals surface area contributed by atoms with Crippen LogP contribution in [0.4, 0.5) is 14.5 Å². The molecule has 130 valence electrons. The van der Waals surface area contributed by atoms with Crippen LogP contribution in [0.2, 0.25) is 0 Å². The van der Waals surface area contributed by atoms with Gasteiger partial charge in [0.15, 0.2) is 5.16 Å². The Hall–Kier alpha value is -2.41. The SMILES string of the molecule is Cc1cc(C)cc(NC(=O)Cn2c(SC(F)F)nc3ccccc32)c1. The van der Waals surface area contributed by atoms with Gasteiger partial charge < -0.3 is 9.88 Å². The quantitative estimate of drug-likeness (QED) is 0.675. The Morgan fingerprint density at radius 1 is 1.20 bits per heavy atom. The predicted octanol–water partition coefficient (Wildman–Crippen LogP) is 4.61. The van der Waals surface area contributed by atoms with Crippen molar-refractivity contribution in [3.63, 3.8) is 0 Å². The smallest absolute Gasteiger partial charge is 0.291 e. The summed E-state index contributed by atoms with van der Waals surface area (Å²) >= 11 is 0.342. The third-order valence-electron chi connectivity index (χ3n) is 3.62. The molecule has 0 saturated carbocycles. The highest BCUT2D eigenvalue weighted by Crippen LogP contribution is 2.28. The van der Waals surface area contributed by atoms with Crippen LogP contribution in [-0.2, 0) is 11.3 Å². The van der Waals surface area contributed by atoms with Crippen molar-refractivity contribution in [2.45, 2.75) is 31.3 Å². The molecule has 1 heterocycles. The molecule has 3 rings (SSSR count). The second-order valence-corrected chi connectivity index (χ2v) is 6.73. The summed E-state index contributed by atoms with van der Waals surface area (Å²) in [5.41, 5.74) is 4.01. The van der Waals surface area contributed by atoms with Gasteiger partial charge >= 0.3 is 0 Å². The Morgan fingerprint density at radius 2 is 1.88 bits per heavy atom. The first-order valence-electron chi connectivity index (χ1n) is 7.70. The molecule has 0 spiro atoms. The van der Waals surface area contributed by atoms with Crippen LogP contribution >= 0.6 is 11.8 Å². The molecule has 0 atom stereocenters. The van der Waals surface area contributed by atoms with Gasteiger partial charge in [-0.05, 0) is 61.0 Å². The summed E-state index contributed by atoms with van der Waals surface area (Å²) in [4.78, 5) is 16.6. The van der Waals surface area contributed by atoms with Crippen molar-refractivity contribution in [2.75, 3.05) is 5.32 Å². The zero-order valence-electron chi connectivity index (χ0n) is 13.8. The topological polar surface area (TPSA) is 46.9 Å². The molecule has 0 radical (unpaired) electrons. The van der Waals surface area contributed by atoms with Gasteiger partial charge in [0.25, 0.3) is 5.76 Å². The normalized spacial score (nSPS) is 11.2. The number of rotatable bonds is 5. The van der Waals surface area contributed by atoms with Gasteiger partial charge in [-0.1, -0.05) is 18.2 Å². The molecule has 0 aliphatic heterocycles. The number of alkyl halides is 2. The highest BCUT2D eigenvalue weighted by Gasteiger charge is 2.17. The van der Waals surface area contributed by atoms with Crippen LogP contribution in [0.3, 0.4) is 0 Å². The van der Waals surface area contributed by atoms with E-state index < -0.39 is 5.76 Å². The van der Waals surface area contributed by atoms with Crippen LogP contribution < -0.4 is 5.32 Å². The Balaban J connectivity index is 1.87. The summed E-state index contributed by atoms with van der Waals surface area (Å²) in [5, 5.41) is 2.95. The molecule has 0 bridgehead atoms. The average molecular weight is 361 g/mol. The molecule has 1 aromatic heterocycles. The van der Waals surface area contributed by atoms with Crippen molar-refractivity contribution in [3.8, 4) is 0 Å². The summed E-state index contributed by atoms with van der Waals surface area (Å²) in [6, 6.07) is 12.8. The van der Waals surface area contributed by atoms with Crippen molar-refractivity contribution in [1.29, 1.82) is 0 Å². The molecule has 1 N–H and O–H groups in total. The Morgan fingerprint density at radius 3 is 2.56 bits per heavy atom. The number of para-hydroxylation sites is 2. The lowest BCUT2D eigenvalue weighted by atomic mass is 10.1. The highest BCUT2D eigenvalue weighted by molar-refractivity contribution is 7.99. The molecule has 0 saturated heterocycles. The van der Waals surface area contributed by atoms with Crippen LogP contribution in [0.25, 0.3) is 11.0 Å². The van der Waals surface area contributed by atoms with Crippen molar-refractivity contribution >= 4 is 34.4 Å². The van der Waals surface area contributed by atoms with E-state index in [9.17, 15) is 13.6 Å². The standard InChI is InChI=1S/C18H17F2N3OS/c1-11-7-12(2)9-13(8-11)21-16(24)10-23-15-6-4-3-5-14(15)22-18(23)25-17(19)20/h3-9,17H,10H2,1-2H3,(H,21,24). The number of amides is 1. The molecule has 7 heteroatoms. The molecule has 2 aromatic carbocycles. The highest BCUT2D eigenvalue weighted by atomic mass is 32.2. The van der Waals surface area contributed by atoms with E-state index >= 15 is 0 Å². The molecule has 0 unspecified atom stereocenters. The Labute approximate surface area is 148 Å². The van der Waals surface area contributed by atoms with Crippen LogP contribution in [0.5, 0.6) is 0 Å². The van der Waals surface area contributed by atoms with Gasteiger partial charge in [-0.2, -0.15) is 8.78 Å². The monoisotopic (exact) mass is 361 g/mol. The van der Waals surface area contributed by atoms with E-state index in [4.69, 9.17) is 0 Å². The lowest BCUT2D eigenvalue weighted by Gasteiger charge is -2.10. The number of carbonyl (C=O) groups is 1. The van der Waals surface area contributed by atoms with Crippen molar-refractivity contribution in [2.24, 2.45) is 0 Å². The third-order valence-corrected chi connectivity index (χ3v) is 4.32. The fourth-order valence-corrected chi connectivity index (χ4v) is 3.37. The number of fused-ring (bicyclic) bond motifs is 1. The predicted molar refractivity (Wildman–Crippen MR) is 96.1 cm³/mol. The average Bonchev–Trinajstić information content (AvgIpc) is 2.83. The zero-order chi connectivity index (χ0) is 18.0. The second-order valence-electron chi connectivity index (χ2n) is 5.77. The van der Waals surface area contributed by atoms with Crippen LogP contribution in [-0.4, -0.2) is 21.2 Å². The molecule has 1 amide bonds. The molecular weight excluding hydrogens is 344 g/mol. The molecule has 25 heavy (non-hydrogen) atoms. The number of nitrogens with zero attached hydrogens (tertiary/aromatic N) is 2. The molecule has 0 aliphatic rings. The van der Waals surface area contributed by atoms with Crippen molar-refractivity contribution in [1.82, 2.24) is 9.55 Å². The van der Waals surface area contributed by atoms with Gasteiger partial charge in [0.1, 0.15) is 6.54 Å². The van der Waals surface area contributed by atoms with Gasteiger partial charge in [-0.15, -0.1) is 0 Å². The van der Waals surface area contributed by atoms with E-state index in [1.807, 2.05) is 32.0 Å². The summed E-state index contributed by atoms with van der Waals surface area (Å²) in [7, 11) is 0. The van der Waals surface area contributed by atoms with Crippen LogP contribution in [0.15, 0.2) is 47.6 Å². The molecule has 4 nitrogen and oxygen atoms in total. The maximum Gasteiger partial charge on any atom is 0.291 e. The van der Waals surface area contributed by atoms with E-state index in [1.165, 1.54) is 4.57 Å². The fraction of sp³-hybridized carbons (Fsp3) is 0.222. The summed E-state index contributed by atoms with van der Waals surface area (Å²) in [5.74, 6) is -2.89. The maximum atomic E-state index is 12.8. The molecular formula is C18H17F2N3OS. The van der Waals surface area contributed by atoms with Crippen LogP contribution in [0, 0.1) is 13.8 Å². The van der Waals surface area contributed by atoms with E-state index in [-0.39, 0.29) is 17.6 Å². The van der Waals surface area contributed by atoms with E-state index in [1.54, 1.807) is 24.3 Å². The van der Waals surface area contributed by atoms with Gasteiger partial charge in [0.2, 0.25) is 5.91 Å². The minimum absolute atomic E-state index is 0.0808. The fourth-order valence-electron chi connectivity index (χ4n) is 2.77. The lowest BCUT2D eigenvalue weighted by molar-refractivity contribution is -0.116. The largest absolute Gasteiger partial charge is 0.325 e. The summed E-state index contributed by atoms with van der Waals surface area (Å²) in [6.07, 6.45) is 0. The van der Waals surface area contributed by atoms with Gasteiger partial charge in [-0.3, -0.25) is 4.79 Å². The maximum absolute atomic E-state index is 12.8. The lowest BCUT2D eigenvalue weighted by Crippen LogP contribution is -2.19. The number of imidazole rings is 1. The number of aromatic nitrogens is 2. The summed E-state index contributed by atoms with van der Waals surface area (Å²) in [6.45, 7) is 3.81. The number of carbonyl (C=O) groups excluding carboxylic acids is 1. The first-order chi connectivity index (χ1) is 11.9. The van der Waals surface area contributed by atoms with E-state index in [2.05, 4.69) is 10.3 Å².